The van der Waals surface area contributed by atoms with Gasteiger partial charge in [-0.05, 0) is 28.7 Å². The molecule has 2 aliphatic rings. The maximum atomic E-state index is 2.30. The molecule has 0 aliphatic heterocycles. The van der Waals surface area contributed by atoms with Crippen LogP contribution in [0.3, 0.4) is 0 Å². The van der Waals surface area contributed by atoms with Crippen molar-refractivity contribution >= 4 is 11.6 Å². The highest BCUT2D eigenvalue weighted by molar-refractivity contribution is 5.98. The number of fused-ring (bicyclic) bond motifs is 3. The Balaban J connectivity index is 2.36. The second-order valence-electron chi connectivity index (χ2n) is 3.08. The number of hydrogen-bond donors (Lipinski definition) is 0. The van der Waals surface area contributed by atoms with E-state index in [1.807, 2.05) is 0 Å². The van der Waals surface area contributed by atoms with Gasteiger partial charge in [0.1, 0.15) is 0 Å². The second kappa shape index (κ2) is 1.65. The molecular formula is C11H8. The standard InChI is InChI=1S/C11H8/c1-2-4-10-8(3-1)7-9-5-6-11(9)10/h1-4,6-7H,5H2. The van der Waals surface area contributed by atoms with Crippen molar-refractivity contribution in [1.82, 2.24) is 0 Å². The van der Waals surface area contributed by atoms with Crippen LogP contribution in [0.2, 0.25) is 0 Å². The van der Waals surface area contributed by atoms with Crippen LogP contribution >= 0.6 is 0 Å². The van der Waals surface area contributed by atoms with Crippen LogP contribution in [0.15, 0.2) is 35.9 Å². The zero-order valence-corrected chi connectivity index (χ0v) is 6.17. The Morgan fingerprint density at radius 3 is 2.82 bits per heavy atom. The van der Waals surface area contributed by atoms with E-state index in [1.165, 1.54) is 28.7 Å². The zero-order chi connectivity index (χ0) is 7.26. The largest absolute Gasteiger partial charge is 0.0719 e. The predicted octanol–water partition coefficient (Wildman–Crippen LogP) is 2.87. The van der Waals surface area contributed by atoms with Crippen LogP contribution in [0, 0.1) is 0 Å². The minimum Gasteiger partial charge on any atom is -0.0719 e. The molecule has 0 heteroatoms. The lowest BCUT2D eigenvalue weighted by molar-refractivity contribution is 1.25. The summed E-state index contributed by atoms with van der Waals surface area (Å²) in [5.41, 5.74) is 5.81. The maximum absolute atomic E-state index is 2.30. The van der Waals surface area contributed by atoms with Crippen LogP contribution in [-0.2, 0) is 0 Å². The van der Waals surface area contributed by atoms with Crippen molar-refractivity contribution in [3.8, 4) is 0 Å². The van der Waals surface area contributed by atoms with Crippen LogP contribution in [0.25, 0.3) is 11.6 Å². The van der Waals surface area contributed by atoms with E-state index in [1.54, 1.807) is 0 Å². The van der Waals surface area contributed by atoms with E-state index in [4.69, 9.17) is 0 Å². The van der Waals surface area contributed by atoms with Crippen molar-refractivity contribution in [3.05, 3.63) is 47.0 Å². The summed E-state index contributed by atoms with van der Waals surface area (Å²) < 4.78 is 0. The van der Waals surface area contributed by atoms with Crippen molar-refractivity contribution in [2.45, 2.75) is 6.42 Å². The Morgan fingerprint density at radius 2 is 2.00 bits per heavy atom. The van der Waals surface area contributed by atoms with E-state index in [0.717, 1.165) is 0 Å². The summed E-state index contributed by atoms with van der Waals surface area (Å²) in [5, 5.41) is 0. The maximum Gasteiger partial charge on any atom is -0.00819 e. The van der Waals surface area contributed by atoms with Gasteiger partial charge in [-0.25, -0.2) is 0 Å². The Labute approximate surface area is 65.9 Å². The fourth-order valence-corrected chi connectivity index (χ4v) is 1.80. The first kappa shape index (κ1) is 5.36. The summed E-state index contributed by atoms with van der Waals surface area (Å²) in [4.78, 5) is 0. The minimum atomic E-state index is 1.17. The summed E-state index contributed by atoms with van der Waals surface area (Å²) in [7, 11) is 0. The van der Waals surface area contributed by atoms with Gasteiger partial charge in [0.25, 0.3) is 0 Å². The molecule has 0 unspecified atom stereocenters. The first-order chi connectivity index (χ1) is 5.45. The quantitative estimate of drug-likeness (QED) is 0.519. The van der Waals surface area contributed by atoms with Gasteiger partial charge in [0.2, 0.25) is 0 Å². The average Bonchev–Trinajstić information content (AvgIpc) is 2.23. The van der Waals surface area contributed by atoms with Gasteiger partial charge in [-0.3, -0.25) is 0 Å². The first-order valence-corrected chi connectivity index (χ1v) is 3.96. The highest BCUT2D eigenvalue weighted by Gasteiger charge is 2.22. The molecular weight excluding hydrogens is 132 g/mol. The van der Waals surface area contributed by atoms with E-state index in [2.05, 4.69) is 36.4 Å². The highest BCUT2D eigenvalue weighted by atomic mass is 14.3. The van der Waals surface area contributed by atoms with E-state index >= 15 is 0 Å². The fourth-order valence-electron chi connectivity index (χ4n) is 1.80. The number of allylic oxidation sites excluding steroid dienone is 3. The number of benzene rings is 1. The van der Waals surface area contributed by atoms with E-state index in [9.17, 15) is 0 Å². The molecule has 3 rings (SSSR count). The molecule has 0 saturated heterocycles. The van der Waals surface area contributed by atoms with E-state index < -0.39 is 0 Å². The molecule has 1 aromatic carbocycles. The third-order valence-corrected chi connectivity index (χ3v) is 2.45. The van der Waals surface area contributed by atoms with Gasteiger partial charge in [0, 0.05) is 0 Å². The highest BCUT2D eigenvalue weighted by Crippen LogP contribution is 2.43. The molecule has 0 atom stereocenters. The monoisotopic (exact) mass is 140 g/mol. The number of rotatable bonds is 0. The van der Waals surface area contributed by atoms with Crippen molar-refractivity contribution in [2.75, 3.05) is 0 Å². The molecule has 2 aliphatic carbocycles. The van der Waals surface area contributed by atoms with Crippen LogP contribution in [0.4, 0.5) is 0 Å². The lowest BCUT2D eigenvalue weighted by Gasteiger charge is -2.13. The molecule has 1 aromatic rings. The normalized spacial score (nSPS) is 17.8. The third-order valence-electron chi connectivity index (χ3n) is 2.45. The molecule has 0 radical (unpaired) electrons. The molecule has 0 bridgehead atoms. The van der Waals surface area contributed by atoms with Crippen molar-refractivity contribution in [3.63, 3.8) is 0 Å². The molecule has 0 aromatic heterocycles. The summed E-state index contributed by atoms with van der Waals surface area (Å²) in [6.45, 7) is 0. The van der Waals surface area contributed by atoms with Gasteiger partial charge >= 0.3 is 0 Å². The molecule has 52 valence electrons. The summed E-state index contributed by atoms with van der Waals surface area (Å²) in [6.07, 6.45) is 5.77. The van der Waals surface area contributed by atoms with Gasteiger partial charge < -0.3 is 0 Å². The molecule has 0 nitrogen and oxygen atoms in total. The third kappa shape index (κ3) is 0.548. The minimum absolute atomic E-state index is 1.17. The van der Waals surface area contributed by atoms with Crippen LogP contribution in [0.5, 0.6) is 0 Å². The van der Waals surface area contributed by atoms with Gasteiger partial charge in [-0.2, -0.15) is 0 Å². The predicted molar refractivity (Wildman–Crippen MR) is 47.0 cm³/mol. The van der Waals surface area contributed by atoms with Crippen molar-refractivity contribution in [1.29, 1.82) is 0 Å². The van der Waals surface area contributed by atoms with Gasteiger partial charge in [-0.1, -0.05) is 36.4 Å². The zero-order valence-electron chi connectivity index (χ0n) is 6.17. The summed E-state index contributed by atoms with van der Waals surface area (Å²) in [5.74, 6) is 0. The Morgan fingerprint density at radius 1 is 1.09 bits per heavy atom. The van der Waals surface area contributed by atoms with E-state index in [0.29, 0.717) is 0 Å². The van der Waals surface area contributed by atoms with Gasteiger partial charge in [0.05, 0.1) is 0 Å². The molecule has 0 amide bonds. The summed E-state index contributed by atoms with van der Waals surface area (Å²) >= 11 is 0. The van der Waals surface area contributed by atoms with Gasteiger partial charge in [0.15, 0.2) is 0 Å². The van der Waals surface area contributed by atoms with Gasteiger partial charge in [-0.15, -0.1) is 0 Å². The molecule has 0 saturated carbocycles. The Hall–Kier alpha value is -1.30. The fraction of sp³-hybridized carbons (Fsp3) is 0.0909. The average molecular weight is 140 g/mol. The van der Waals surface area contributed by atoms with Crippen LogP contribution in [-0.4, -0.2) is 0 Å². The number of hydrogen-bond acceptors (Lipinski definition) is 0. The van der Waals surface area contributed by atoms with Crippen LogP contribution < -0.4 is 0 Å². The summed E-state index contributed by atoms with van der Waals surface area (Å²) in [6, 6.07) is 8.58. The SMILES string of the molecule is C1=C2CC=C2c2ccccc21. The molecule has 11 heavy (non-hydrogen) atoms. The smallest absolute Gasteiger partial charge is 0.00819 e. The lowest BCUT2D eigenvalue weighted by atomic mass is 9.91. The first-order valence-electron chi connectivity index (χ1n) is 3.96. The van der Waals surface area contributed by atoms with E-state index in [-0.39, 0.29) is 0 Å². The lowest BCUT2D eigenvalue weighted by Crippen LogP contribution is -1.92. The molecule has 0 fully saturated rings. The topological polar surface area (TPSA) is 0 Å². The molecule has 0 spiro atoms. The second-order valence-corrected chi connectivity index (χ2v) is 3.08. The van der Waals surface area contributed by atoms with Crippen LogP contribution in [0.1, 0.15) is 17.5 Å². The molecule has 0 N–H and O–H groups in total. The van der Waals surface area contributed by atoms with Crippen molar-refractivity contribution < 1.29 is 0 Å². The van der Waals surface area contributed by atoms with Crippen molar-refractivity contribution in [2.24, 2.45) is 0 Å². The Kier molecular flexibility index (Phi) is 0.803. The molecule has 0 heterocycles. The Bertz CT molecular complexity index is 381.